The summed E-state index contributed by atoms with van der Waals surface area (Å²) < 4.78 is 39.9. The average Bonchev–Trinajstić information content (AvgIpc) is 3.15. The normalized spacial score (nSPS) is 16.2. The fourth-order valence-electron chi connectivity index (χ4n) is 3.99. The van der Waals surface area contributed by atoms with E-state index in [4.69, 9.17) is 0 Å². The number of halogens is 5. The van der Waals surface area contributed by atoms with Crippen molar-refractivity contribution in [3.05, 3.63) is 65.4 Å². The Morgan fingerprint density at radius 2 is 1.94 bits per heavy atom. The smallest absolute Gasteiger partial charge is 0.388 e. The van der Waals surface area contributed by atoms with Gasteiger partial charge in [-0.05, 0) is 36.2 Å². The van der Waals surface area contributed by atoms with Gasteiger partial charge < -0.3 is 20.5 Å². The minimum absolute atomic E-state index is 0. The van der Waals surface area contributed by atoms with E-state index in [0.29, 0.717) is 26.1 Å². The number of nitrogens with one attached hydrogen (secondary N) is 3. The number of nitrogens with zero attached hydrogens (tertiary/aromatic N) is 1. The number of aromatic nitrogens is 1. The number of alkyl halides is 3. The van der Waals surface area contributed by atoms with Crippen molar-refractivity contribution in [3.8, 4) is 0 Å². The van der Waals surface area contributed by atoms with Crippen LogP contribution < -0.4 is 10.6 Å². The third-order valence-electron chi connectivity index (χ3n) is 5.54. The van der Waals surface area contributed by atoms with Gasteiger partial charge in [-0.3, -0.25) is 4.79 Å². The fourth-order valence-corrected chi connectivity index (χ4v) is 3.99. The van der Waals surface area contributed by atoms with Gasteiger partial charge in [0, 0.05) is 61.1 Å². The van der Waals surface area contributed by atoms with Gasteiger partial charge in [0.1, 0.15) is 0 Å². The number of benzene rings is 2. The lowest BCUT2D eigenvalue weighted by molar-refractivity contribution is -0.137. The number of hydrogen-bond donors (Lipinski definition) is 3. The molecule has 3 aromatic rings. The molecule has 2 heterocycles. The Morgan fingerprint density at radius 1 is 1.19 bits per heavy atom. The Labute approximate surface area is 196 Å². The van der Waals surface area contributed by atoms with Crippen LogP contribution in [0.4, 0.5) is 18.9 Å². The predicted molar refractivity (Wildman–Crippen MR) is 125 cm³/mol. The second-order valence-electron chi connectivity index (χ2n) is 7.47. The summed E-state index contributed by atoms with van der Waals surface area (Å²) in [4.78, 5) is 18.2. The molecule has 3 N–H and O–H groups in total. The van der Waals surface area contributed by atoms with E-state index in [9.17, 15) is 18.0 Å². The summed E-state index contributed by atoms with van der Waals surface area (Å²) in [5, 5.41) is 7.10. The third kappa shape index (κ3) is 5.31. The highest BCUT2D eigenvalue weighted by molar-refractivity contribution is 5.96. The van der Waals surface area contributed by atoms with Crippen LogP contribution in [0.15, 0.2) is 48.7 Å². The van der Waals surface area contributed by atoms with Crippen LogP contribution in [0.1, 0.15) is 21.5 Å². The zero-order valence-corrected chi connectivity index (χ0v) is 19.0. The highest BCUT2D eigenvalue weighted by atomic mass is 35.5. The van der Waals surface area contributed by atoms with E-state index in [0.717, 1.165) is 28.6 Å². The average molecular weight is 489 g/mol. The van der Waals surface area contributed by atoms with Gasteiger partial charge in [0.15, 0.2) is 0 Å². The second-order valence-corrected chi connectivity index (χ2v) is 7.47. The molecule has 1 unspecified atom stereocenters. The van der Waals surface area contributed by atoms with E-state index in [-0.39, 0.29) is 48.0 Å². The highest BCUT2D eigenvalue weighted by Gasteiger charge is 2.34. The van der Waals surface area contributed by atoms with Gasteiger partial charge in [-0.1, -0.05) is 18.2 Å². The molecule has 0 radical (unpaired) electrons. The van der Waals surface area contributed by atoms with E-state index in [2.05, 4.69) is 15.6 Å². The summed E-state index contributed by atoms with van der Waals surface area (Å²) in [6.07, 6.45) is -1.97. The number of piperazine rings is 1. The first-order valence-electron chi connectivity index (χ1n) is 9.83. The SMILES string of the molecule is CNc1cc(C(=O)N2CCNCC2Cc2c[nH]c3ccccc23)cc(C(F)(F)F)c1.Cl.Cl. The molecule has 1 aliphatic heterocycles. The van der Waals surface area contributed by atoms with E-state index < -0.39 is 11.7 Å². The van der Waals surface area contributed by atoms with Crippen molar-refractivity contribution in [1.29, 1.82) is 0 Å². The Balaban J connectivity index is 0.00000181. The molecule has 32 heavy (non-hydrogen) atoms. The number of carbonyl (C=O) groups excluding carboxylic acids is 1. The maximum Gasteiger partial charge on any atom is 0.416 e. The van der Waals surface area contributed by atoms with Crippen LogP contribution in [0.2, 0.25) is 0 Å². The summed E-state index contributed by atoms with van der Waals surface area (Å²) in [5.74, 6) is -0.385. The molecule has 10 heteroatoms. The molecule has 0 bridgehead atoms. The van der Waals surface area contributed by atoms with Gasteiger partial charge in [-0.15, -0.1) is 24.8 Å². The van der Waals surface area contributed by atoms with Crippen LogP contribution >= 0.6 is 24.8 Å². The molecule has 2 aromatic carbocycles. The minimum Gasteiger partial charge on any atom is -0.388 e. The zero-order chi connectivity index (χ0) is 21.3. The van der Waals surface area contributed by atoms with Gasteiger partial charge in [0.25, 0.3) is 5.91 Å². The molecule has 5 nitrogen and oxygen atoms in total. The van der Waals surface area contributed by atoms with Crippen LogP contribution in [-0.4, -0.2) is 48.5 Å². The minimum atomic E-state index is -4.52. The van der Waals surface area contributed by atoms with E-state index in [1.807, 2.05) is 30.5 Å². The summed E-state index contributed by atoms with van der Waals surface area (Å²) in [6.45, 7) is 1.63. The molecule has 1 saturated heterocycles. The number of rotatable bonds is 4. The fraction of sp³-hybridized carbons (Fsp3) is 0.318. The summed E-state index contributed by atoms with van der Waals surface area (Å²) in [6, 6.07) is 11.2. The molecule has 4 rings (SSSR count). The number of carbonyl (C=O) groups is 1. The molecular formula is C22H25Cl2F3N4O. The number of amides is 1. The van der Waals surface area contributed by atoms with Crippen LogP contribution in [0, 0.1) is 0 Å². The van der Waals surface area contributed by atoms with Crippen LogP contribution in [-0.2, 0) is 12.6 Å². The Kier molecular flexibility index (Phi) is 8.45. The van der Waals surface area contributed by atoms with Gasteiger partial charge in [-0.25, -0.2) is 0 Å². The first kappa shape index (κ1) is 25.8. The van der Waals surface area contributed by atoms with Crippen molar-refractivity contribution in [3.63, 3.8) is 0 Å². The quantitative estimate of drug-likeness (QED) is 0.497. The maximum atomic E-state index is 13.3. The molecule has 1 amide bonds. The topological polar surface area (TPSA) is 60.2 Å². The lowest BCUT2D eigenvalue weighted by Gasteiger charge is -2.36. The van der Waals surface area contributed by atoms with Gasteiger partial charge in [0.2, 0.25) is 0 Å². The molecule has 0 aliphatic carbocycles. The summed E-state index contributed by atoms with van der Waals surface area (Å²) >= 11 is 0. The van der Waals surface area contributed by atoms with Gasteiger partial charge >= 0.3 is 6.18 Å². The molecule has 174 valence electrons. The van der Waals surface area contributed by atoms with Crippen LogP contribution in [0.3, 0.4) is 0 Å². The monoisotopic (exact) mass is 488 g/mol. The largest absolute Gasteiger partial charge is 0.416 e. The van der Waals surface area contributed by atoms with Gasteiger partial charge in [0.05, 0.1) is 5.56 Å². The second kappa shape index (κ2) is 10.5. The zero-order valence-electron chi connectivity index (χ0n) is 17.3. The lowest BCUT2D eigenvalue weighted by Crippen LogP contribution is -2.54. The van der Waals surface area contributed by atoms with Crippen LogP contribution in [0.25, 0.3) is 10.9 Å². The van der Waals surface area contributed by atoms with Crippen LogP contribution in [0.5, 0.6) is 0 Å². The number of aromatic amines is 1. The van der Waals surface area contributed by atoms with Crippen molar-refractivity contribution in [2.75, 3.05) is 32.0 Å². The third-order valence-corrected chi connectivity index (χ3v) is 5.54. The molecule has 1 aromatic heterocycles. The molecule has 0 saturated carbocycles. The van der Waals surface area contributed by atoms with Crippen molar-refractivity contribution >= 4 is 47.3 Å². The van der Waals surface area contributed by atoms with E-state index in [1.165, 1.54) is 13.1 Å². The standard InChI is InChI=1S/C22H23F3N4O.2ClH/c1-26-17-9-14(8-16(11-17)22(23,24)25)21(30)29-7-6-27-13-18(29)10-15-12-28-20-5-3-2-4-19(15)20;;/h2-5,8-9,11-12,18,26-28H,6-7,10,13H2,1H3;2*1H. The molecule has 0 spiro atoms. The molecule has 1 atom stereocenters. The van der Waals surface area contributed by atoms with Gasteiger partial charge in [-0.2, -0.15) is 13.2 Å². The highest BCUT2D eigenvalue weighted by Crippen LogP contribution is 2.32. The lowest BCUT2D eigenvalue weighted by atomic mass is 10.0. The number of H-pyrrole nitrogens is 1. The predicted octanol–water partition coefficient (Wildman–Crippen LogP) is 4.73. The first-order chi connectivity index (χ1) is 14.4. The Morgan fingerprint density at radius 3 is 2.66 bits per heavy atom. The number of fused-ring (bicyclic) bond motifs is 1. The molecule has 1 aliphatic rings. The van der Waals surface area contributed by atoms with Crippen molar-refractivity contribution in [2.45, 2.75) is 18.6 Å². The Bertz CT molecular complexity index is 1070. The van der Waals surface area contributed by atoms with E-state index >= 15 is 0 Å². The van der Waals surface area contributed by atoms with E-state index in [1.54, 1.807) is 4.90 Å². The number of anilines is 1. The number of hydrogen-bond acceptors (Lipinski definition) is 3. The maximum absolute atomic E-state index is 13.3. The molecule has 1 fully saturated rings. The summed E-state index contributed by atoms with van der Waals surface area (Å²) in [5.41, 5.74) is 1.57. The van der Waals surface area contributed by atoms with Crippen molar-refractivity contribution in [1.82, 2.24) is 15.2 Å². The molecular weight excluding hydrogens is 464 g/mol. The summed E-state index contributed by atoms with van der Waals surface area (Å²) in [7, 11) is 1.54. The number of para-hydroxylation sites is 1. The van der Waals surface area contributed by atoms with Crippen molar-refractivity contribution in [2.24, 2.45) is 0 Å². The Hall–Kier alpha value is -2.42. The first-order valence-corrected chi connectivity index (χ1v) is 9.83. The van der Waals surface area contributed by atoms with Crippen molar-refractivity contribution < 1.29 is 18.0 Å².